The van der Waals surface area contributed by atoms with Crippen molar-refractivity contribution in [1.29, 1.82) is 0 Å². The third-order valence-corrected chi connectivity index (χ3v) is 6.88. The van der Waals surface area contributed by atoms with Crippen LogP contribution in [0.3, 0.4) is 0 Å². The van der Waals surface area contributed by atoms with E-state index in [1.165, 1.54) is 0 Å². The van der Waals surface area contributed by atoms with Crippen molar-refractivity contribution in [2.45, 2.75) is 67.4 Å². The van der Waals surface area contributed by atoms with E-state index in [1.807, 2.05) is 108 Å². The topological polar surface area (TPSA) is 128 Å². The van der Waals surface area contributed by atoms with Gasteiger partial charge in [-0.05, 0) is 102 Å². The van der Waals surface area contributed by atoms with Gasteiger partial charge in [-0.3, -0.25) is 0 Å². The molecule has 0 aliphatic carbocycles. The Bertz CT molecular complexity index is 1310. The van der Waals surface area contributed by atoms with Crippen LogP contribution in [0.5, 0.6) is 11.5 Å². The summed E-state index contributed by atoms with van der Waals surface area (Å²) in [5.41, 5.74) is -1.10. The monoisotopic (exact) mass is 618 g/mol. The SMILES string of the molecule is CC(C)(C)OC(=O)COc1ccc([S+](c2ccccc2)c2ccc(OCC(=O)OC(C)(C)C)cc2)cc1.CS(=O)(=O)[O-]. The molecule has 0 aliphatic heterocycles. The van der Waals surface area contributed by atoms with Crippen LogP contribution in [-0.4, -0.2) is 55.6 Å². The van der Waals surface area contributed by atoms with Gasteiger partial charge in [-0.1, -0.05) is 18.2 Å². The Balaban J connectivity index is 0.00000113. The van der Waals surface area contributed by atoms with Crippen LogP contribution >= 0.6 is 0 Å². The molecule has 0 aliphatic rings. The lowest BCUT2D eigenvalue weighted by Crippen LogP contribution is -2.27. The van der Waals surface area contributed by atoms with Gasteiger partial charge in [0, 0.05) is 6.26 Å². The standard InChI is InChI=1S/C30H35O6S.CH4O3S/c1-29(2,3)35-27(31)20-33-22-12-16-25(17-13-22)37(24-10-8-7-9-11-24)26-18-14-23(15-19-26)34-21-28(32)36-30(4,5)6;1-5(2,3)4/h7-19H,20-21H2,1-6H3;1H3,(H,2,3,4)/q+1;/p-1. The van der Waals surface area contributed by atoms with Crippen LogP contribution in [0.15, 0.2) is 93.5 Å². The van der Waals surface area contributed by atoms with Gasteiger partial charge in [0.05, 0.1) is 21.0 Å². The fourth-order valence-electron chi connectivity index (χ4n) is 3.34. The van der Waals surface area contributed by atoms with Gasteiger partial charge in [0.1, 0.15) is 22.7 Å². The molecule has 11 heteroatoms. The summed E-state index contributed by atoms with van der Waals surface area (Å²) in [5.74, 6) is 0.374. The summed E-state index contributed by atoms with van der Waals surface area (Å²) < 4.78 is 49.1. The molecule has 228 valence electrons. The zero-order chi connectivity index (χ0) is 31.6. The second-order valence-electron chi connectivity index (χ2n) is 11.0. The highest BCUT2D eigenvalue weighted by molar-refractivity contribution is 7.97. The molecule has 9 nitrogen and oxygen atoms in total. The van der Waals surface area contributed by atoms with Gasteiger partial charge in [0.2, 0.25) is 0 Å². The van der Waals surface area contributed by atoms with Gasteiger partial charge < -0.3 is 23.5 Å². The average molecular weight is 619 g/mol. The minimum atomic E-state index is -3.92. The Morgan fingerprint density at radius 3 is 1.26 bits per heavy atom. The van der Waals surface area contributed by atoms with Crippen molar-refractivity contribution in [2.24, 2.45) is 0 Å². The fourth-order valence-corrected chi connectivity index (χ4v) is 5.40. The summed E-state index contributed by atoms with van der Waals surface area (Å²) in [5, 5.41) is 0. The molecule has 0 unspecified atom stereocenters. The third-order valence-electron chi connectivity index (χ3n) is 4.65. The molecule has 0 N–H and O–H groups in total. The molecule has 3 aromatic rings. The van der Waals surface area contributed by atoms with E-state index in [0.29, 0.717) is 17.8 Å². The quantitative estimate of drug-likeness (QED) is 0.176. The van der Waals surface area contributed by atoms with Crippen molar-refractivity contribution in [3.8, 4) is 11.5 Å². The molecule has 0 aromatic heterocycles. The molecule has 3 aromatic carbocycles. The Labute approximate surface area is 251 Å². The maximum atomic E-state index is 12.0. The van der Waals surface area contributed by atoms with Crippen molar-refractivity contribution >= 4 is 33.0 Å². The summed E-state index contributed by atoms with van der Waals surface area (Å²) in [6.45, 7) is 10.6. The van der Waals surface area contributed by atoms with Crippen molar-refractivity contribution < 1.29 is 41.5 Å². The average Bonchev–Trinajstić information content (AvgIpc) is 2.86. The smallest absolute Gasteiger partial charge is 0.344 e. The van der Waals surface area contributed by atoms with Gasteiger partial charge >= 0.3 is 11.9 Å². The van der Waals surface area contributed by atoms with E-state index < -0.39 is 33.3 Å². The highest BCUT2D eigenvalue weighted by atomic mass is 32.2. The lowest BCUT2D eigenvalue weighted by atomic mass is 10.2. The Kier molecular flexibility index (Phi) is 12.4. The second-order valence-corrected chi connectivity index (χ2v) is 14.5. The number of rotatable bonds is 9. The summed E-state index contributed by atoms with van der Waals surface area (Å²) in [4.78, 5) is 27.3. The number of hydrogen-bond acceptors (Lipinski definition) is 9. The zero-order valence-electron chi connectivity index (χ0n) is 24.9. The minimum absolute atomic E-state index is 0.147. The van der Waals surface area contributed by atoms with Crippen molar-refractivity contribution in [3.63, 3.8) is 0 Å². The molecule has 0 spiro atoms. The highest BCUT2D eigenvalue weighted by Gasteiger charge is 2.29. The first-order chi connectivity index (χ1) is 19.4. The fraction of sp³-hybridized carbons (Fsp3) is 0.355. The maximum Gasteiger partial charge on any atom is 0.344 e. The zero-order valence-corrected chi connectivity index (χ0v) is 26.5. The number of carbonyl (C=O) groups excluding carboxylic acids is 2. The van der Waals surface area contributed by atoms with Gasteiger partial charge in [0.15, 0.2) is 27.9 Å². The molecule has 0 saturated heterocycles. The molecular formula is C31H38O9S2. The van der Waals surface area contributed by atoms with Crippen LogP contribution in [0.2, 0.25) is 0 Å². The van der Waals surface area contributed by atoms with E-state index in [1.54, 1.807) is 0 Å². The Hall–Kier alpha value is -3.54. The molecule has 0 radical (unpaired) electrons. The van der Waals surface area contributed by atoms with Gasteiger partial charge in [0.25, 0.3) is 0 Å². The van der Waals surface area contributed by atoms with Crippen LogP contribution in [0, 0.1) is 0 Å². The number of benzene rings is 3. The lowest BCUT2D eigenvalue weighted by Gasteiger charge is -2.19. The molecule has 42 heavy (non-hydrogen) atoms. The van der Waals surface area contributed by atoms with E-state index in [4.69, 9.17) is 31.9 Å². The molecule has 0 saturated carbocycles. The largest absolute Gasteiger partial charge is 0.748 e. The van der Waals surface area contributed by atoms with Crippen molar-refractivity contribution in [3.05, 3.63) is 78.9 Å². The molecular weight excluding hydrogens is 580 g/mol. The summed E-state index contributed by atoms with van der Waals surface area (Å²) in [6.07, 6.45) is 0.604. The van der Waals surface area contributed by atoms with E-state index in [9.17, 15) is 9.59 Å². The summed E-state index contributed by atoms with van der Waals surface area (Å²) in [7, 11) is -4.29. The van der Waals surface area contributed by atoms with Crippen LogP contribution < -0.4 is 9.47 Å². The van der Waals surface area contributed by atoms with Crippen LogP contribution in [0.1, 0.15) is 41.5 Å². The predicted octanol–water partition coefficient (Wildman–Crippen LogP) is 5.38. The summed E-state index contributed by atoms with van der Waals surface area (Å²) in [6, 6.07) is 25.7. The Morgan fingerprint density at radius 2 is 0.952 bits per heavy atom. The summed E-state index contributed by atoms with van der Waals surface area (Å²) >= 11 is 0. The normalized spacial score (nSPS) is 11.6. The minimum Gasteiger partial charge on any atom is -0.748 e. The van der Waals surface area contributed by atoms with Crippen molar-refractivity contribution in [2.75, 3.05) is 19.5 Å². The number of ether oxygens (including phenoxy) is 4. The first-order valence-electron chi connectivity index (χ1n) is 13.0. The predicted molar refractivity (Wildman–Crippen MR) is 160 cm³/mol. The van der Waals surface area contributed by atoms with E-state index in [0.717, 1.165) is 14.7 Å². The number of esters is 2. The third kappa shape index (κ3) is 14.4. The molecule has 0 bridgehead atoms. The molecule has 3 rings (SSSR count). The second kappa shape index (κ2) is 15.1. The number of hydrogen-bond donors (Lipinski definition) is 0. The first kappa shape index (κ1) is 34.7. The van der Waals surface area contributed by atoms with Crippen LogP contribution in [0.4, 0.5) is 0 Å². The van der Waals surface area contributed by atoms with Gasteiger partial charge in [-0.15, -0.1) is 0 Å². The molecule has 0 heterocycles. The van der Waals surface area contributed by atoms with Crippen molar-refractivity contribution in [1.82, 2.24) is 0 Å². The number of carbonyl (C=O) groups is 2. The Morgan fingerprint density at radius 1 is 0.643 bits per heavy atom. The van der Waals surface area contributed by atoms with Gasteiger partial charge in [-0.2, -0.15) is 0 Å². The molecule has 0 amide bonds. The van der Waals surface area contributed by atoms with E-state index >= 15 is 0 Å². The molecule has 0 fully saturated rings. The highest BCUT2D eigenvalue weighted by Crippen LogP contribution is 2.33. The first-order valence-corrected chi connectivity index (χ1v) is 16.0. The molecule has 0 atom stereocenters. The van der Waals surface area contributed by atoms with E-state index in [2.05, 4.69) is 12.1 Å². The van der Waals surface area contributed by atoms with E-state index in [-0.39, 0.29) is 24.1 Å². The van der Waals surface area contributed by atoms with Crippen LogP contribution in [0.25, 0.3) is 0 Å². The maximum absolute atomic E-state index is 12.0. The van der Waals surface area contributed by atoms with Gasteiger partial charge in [-0.25, -0.2) is 18.0 Å². The van der Waals surface area contributed by atoms with Crippen LogP contribution in [-0.2, 0) is 40.1 Å². The lowest BCUT2D eigenvalue weighted by molar-refractivity contribution is -0.158.